The molecule has 0 atom stereocenters. The first-order valence-corrected chi connectivity index (χ1v) is 11.2. The molecule has 11 heteroatoms. The minimum atomic E-state index is -3.86. The van der Waals surface area contributed by atoms with Crippen molar-refractivity contribution in [3.8, 4) is 0 Å². The number of sulfonamides is 1. The Morgan fingerprint density at radius 3 is 2.31 bits per heavy atom. The van der Waals surface area contributed by atoms with E-state index in [1.54, 1.807) is 22.2 Å². The molecule has 4 rings (SSSR count). The molecule has 0 radical (unpaired) electrons. The van der Waals surface area contributed by atoms with Gasteiger partial charge in [-0.1, -0.05) is 12.1 Å². The third kappa shape index (κ3) is 4.37. The van der Waals surface area contributed by atoms with Gasteiger partial charge in [-0.15, -0.1) is 0 Å². The van der Waals surface area contributed by atoms with E-state index in [0.29, 0.717) is 5.69 Å². The Morgan fingerprint density at radius 1 is 0.969 bits per heavy atom. The lowest BCUT2D eigenvalue weighted by molar-refractivity contribution is -0.116. The van der Waals surface area contributed by atoms with E-state index in [0.717, 1.165) is 11.0 Å². The summed E-state index contributed by atoms with van der Waals surface area (Å²) < 4.78 is 30.2. The molecule has 0 aliphatic carbocycles. The summed E-state index contributed by atoms with van der Waals surface area (Å²) in [5, 5.41) is 2.71. The molecular weight excluding hydrogens is 432 g/mol. The van der Waals surface area contributed by atoms with Crippen LogP contribution in [-0.4, -0.2) is 33.4 Å². The smallest absolute Gasteiger partial charge is 0.326 e. The molecule has 2 aromatic carbocycles. The van der Waals surface area contributed by atoms with Crippen molar-refractivity contribution in [2.75, 3.05) is 10.0 Å². The molecule has 32 heavy (non-hydrogen) atoms. The van der Waals surface area contributed by atoms with Crippen molar-refractivity contribution in [1.82, 2.24) is 19.1 Å². The van der Waals surface area contributed by atoms with Gasteiger partial charge in [0.05, 0.1) is 15.9 Å². The number of imidazole rings is 1. The molecule has 164 valence electrons. The van der Waals surface area contributed by atoms with Crippen molar-refractivity contribution < 1.29 is 13.2 Å². The van der Waals surface area contributed by atoms with Crippen LogP contribution in [0, 0.1) is 0 Å². The number of para-hydroxylation sites is 2. The van der Waals surface area contributed by atoms with Gasteiger partial charge in [-0.25, -0.2) is 27.9 Å². The molecule has 0 saturated carbocycles. The Labute approximate surface area is 183 Å². The van der Waals surface area contributed by atoms with Crippen molar-refractivity contribution in [2.24, 2.45) is 7.05 Å². The Bertz CT molecular complexity index is 1430. The zero-order valence-electron chi connectivity index (χ0n) is 17.1. The Kier molecular flexibility index (Phi) is 5.73. The number of hydrogen-bond donors (Lipinski definition) is 2. The number of nitrogens with one attached hydrogen (secondary N) is 2. The predicted molar refractivity (Wildman–Crippen MR) is 120 cm³/mol. The Morgan fingerprint density at radius 2 is 1.62 bits per heavy atom. The van der Waals surface area contributed by atoms with E-state index in [-0.39, 0.29) is 35.4 Å². The standard InChI is InChI=1S/C21H20N6O4S/c1-26-17-5-2-3-6-18(17)27(21(26)29)14-11-19(28)24-15-7-9-16(10-8-15)32(30,31)25-20-22-12-4-13-23-20/h2-10,12-13H,11,14H2,1H3,(H,24,28)(H,22,23,25). The highest BCUT2D eigenvalue weighted by Gasteiger charge is 2.16. The first-order valence-electron chi connectivity index (χ1n) is 9.69. The number of aryl methyl sites for hydroxylation is 2. The Balaban J connectivity index is 1.40. The summed E-state index contributed by atoms with van der Waals surface area (Å²) in [5.41, 5.74) is 1.81. The first-order chi connectivity index (χ1) is 15.3. The van der Waals surface area contributed by atoms with Crippen LogP contribution in [0.5, 0.6) is 0 Å². The van der Waals surface area contributed by atoms with E-state index in [1.807, 2.05) is 24.3 Å². The van der Waals surface area contributed by atoms with Gasteiger partial charge in [0.2, 0.25) is 11.9 Å². The summed E-state index contributed by atoms with van der Waals surface area (Å²) in [5.74, 6) is -0.329. The summed E-state index contributed by atoms with van der Waals surface area (Å²) in [6.45, 7) is 0.222. The number of hydrogen-bond acceptors (Lipinski definition) is 6. The number of carbonyl (C=O) groups is 1. The van der Waals surface area contributed by atoms with Gasteiger partial charge < -0.3 is 5.32 Å². The molecule has 0 saturated heterocycles. The highest BCUT2D eigenvalue weighted by Crippen LogP contribution is 2.17. The zero-order chi connectivity index (χ0) is 22.7. The average molecular weight is 452 g/mol. The van der Waals surface area contributed by atoms with Crippen molar-refractivity contribution in [2.45, 2.75) is 17.9 Å². The van der Waals surface area contributed by atoms with Crippen LogP contribution in [0.1, 0.15) is 6.42 Å². The molecule has 0 bridgehead atoms. The lowest BCUT2D eigenvalue weighted by Gasteiger charge is -2.09. The van der Waals surface area contributed by atoms with Crippen molar-refractivity contribution >= 4 is 38.6 Å². The summed E-state index contributed by atoms with van der Waals surface area (Å²) in [6, 6.07) is 14.7. The lowest BCUT2D eigenvalue weighted by atomic mass is 10.3. The van der Waals surface area contributed by atoms with Crippen LogP contribution in [0.4, 0.5) is 11.6 Å². The third-order valence-electron chi connectivity index (χ3n) is 4.85. The maximum Gasteiger partial charge on any atom is 0.328 e. The zero-order valence-corrected chi connectivity index (χ0v) is 17.9. The lowest BCUT2D eigenvalue weighted by Crippen LogP contribution is -2.24. The molecule has 4 aromatic rings. The van der Waals surface area contributed by atoms with E-state index >= 15 is 0 Å². The normalized spacial score (nSPS) is 11.4. The van der Waals surface area contributed by atoms with Crippen LogP contribution in [0.25, 0.3) is 11.0 Å². The van der Waals surface area contributed by atoms with Crippen LogP contribution in [-0.2, 0) is 28.4 Å². The topological polar surface area (TPSA) is 128 Å². The number of carbonyl (C=O) groups excluding carboxylic acids is 1. The predicted octanol–water partition coefficient (Wildman–Crippen LogP) is 1.96. The minimum absolute atomic E-state index is 0.00487. The molecule has 10 nitrogen and oxygen atoms in total. The third-order valence-corrected chi connectivity index (χ3v) is 6.20. The number of anilines is 2. The van der Waals surface area contributed by atoms with Gasteiger partial charge in [-0.05, 0) is 42.5 Å². The summed E-state index contributed by atoms with van der Waals surface area (Å²) >= 11 is 0. The number of aromatic nitrogens is 4. The van der Waals surface area contributed by atoms with Gasteiger partial charge in [0.15, 0.2) is 0 Å². The fourth-order valence-corrected chi connectivity index (χ4v) is 4.22. The van der Waals surface area contributed by atoms with Gasteiger partial charge >= 0.3 is 5.69 Å². The van der Waals surface area contributed by atoms with Crippen molar-refractivity contribution in [1.29, 1.82) is 0 Å². The molecule has 2 N–H and O–H groups in total. The minimum Gasteiger partial charge on any atom is -0.326 e. The van der Waals surface area contributed by atoms with Gasteiger partial charge in [-0.3, -0.25) is 13.9 Å². The van der Waals surface area contributed by atoms with Gasteiger partial charge in [0.1, 0.15) is 0 Å². The quantitative estimate of drug-likeness (QED) is 0.441. The van der Waals surface area contributed by atoms with Crippen LogP contribution in [0.15, 0.2) is 76.7 Å². The average Bonchev–Trinajstić information content (AvgIpc) is 3.03. The van der Waals surface area contributed by atoms with Gasteiger partial charge in [0, 0.05) is 38.1 Å². The monoisotopic (exact) mass is 452 g/mol. The second-order valence-electron chi connectivity index (χ2n) is 6.98. The van der Waals surface area contributed by atoms with Crippen LogP contribution >= 0.6 is 0 Å². The summed E-state index contributed by atoms with van der Waals surface area (Å²) in [7, 11) is -2.17. The largest absolute Gasteiger partial charge is 0.328 e. The fourth-order valence-electron chi connectivity index (χ4n) is 3.26. The molecule has 0 unspecified atom stereocenters. The fraction of sp³-hybridized carbons (Fsp3) is 0.143. The molecule has 0 fully saturated rings. The van der Waals surface area contributed by atoms with Crippen molar-refractivity contribution in [3.63, 3.8) is 0 Å². The highest BCUT2D eigenvalue weighted by molar-refractivity contribution is 7.92. The summed E-state index contributed by atoms with van der Waals surface area (Å²) in [6.07, 6.45) is 2.94. The number of nitrogens with zero attached hydrogens (tertiary/aromatic N) is 4. The van der Waals surface area contributed by atoms with E-state index in [2.05, 4.69) is 20.0 Å². The van der Waals surface area contributed by atoms with Gasteiger partial charge in [0.25, 0.3) is 10.0 Å². The maximum atomic E-state index is 12.4. The SMILES string of the molecule is Cn1c(=O)n(CCC(=O)Nc2ccc(S(=O)(=O)Nc3ncccn3)cc2)c2ccccc21. The van der Waals surface area contributed by atoms with Crippen LogP contribution < -0.4 is 15.7 Å². The second kappa shape index (κ2) is 8.63. The van der Waals surface area contributed by atoms with Crippen molar-refractivity contribution in [3.05, 3.63) is 77.5 Å². The number of amides is 1. The molecule has 2 heterocycles. The molecule has 0 aliphatic rings. The van der Waals surface area contributed by atoms with E-state index in [1.165, 1.54) is 36.7 Å². The molecule has 1 amide bonds. The van der Waals surface area contributed by atoms with Crippen LogP contribution in [0.2, 0.25) is 0 Å². The molecule has 2 aromatic heterocycles. The Hall–Kier alpha value is -3.99. The van der Waals surface area contributed by atoms with E-state index in [9.17, 15) is 18.0 Å². The molecular formula is C21H20N6O4S. The van der Waals surface area contributed by atoms with E-state index in [4.69, 9.17) is 0 Å². The van der Waals surface area contributed by atoms with E-state index < -0.39 is 10.0 Å². The number of rotatable bonds is 7. The second-order valence-corrected chi connectivity index (χ2v) is 8.66. The van der Waals surface area contributed by atoms with Crippen LogP contribution in [0.3, 0.4) is 0 Å². The number of fused-ring (bicyclic) bond motifs is 1. The molecule has 0 aliphatic heterocycles. The first kappa shape index (κ1) is 21.2. The molecule has 0 spiro atoms. The highest BCUT2D eigenvalue weighted by atomic mass is 32.2. The maximum absolute atomic E-state index is 12.4. The van der Waals surface area contributed by atoms with Gasteiger partial charge in [-0.2, -0.15) is 0 Å². The number of benzene rings is 2. The summed E-state index contributed by atoms with van der Waals surface area (Å²) in [4.78, 5) is 32.5.